The summed E-state index contributed by atoms with van der Waals surface area (Å²) in [6.45, 7) is 4.35. The number of nitrogens with zero attached hydrogens (tertiary/aromatic N) is 5. The van der Waals surface area contributed by atoms with Crippen molar-refractivity contribution < 1.29 is 13.2 Å². The molecular formula is C22H24N6O3S2. The van der Waals surface area contributed by atoms with E-state index in [1.807, 2.05) is 43.3 Å². The number of sulfonamides is 1. The Morgan fingerprint density at radius 3 is 2.64 bits per heavy atom. The van der Waals surface area contributed by atoms with E-state index in [1.165, 1.54) is 16.1 Å². The topological polar surface area (TPSA) is 106 Å². The van der Waals surface area contributed by atoms with Gasteiger partial charge in [-0.1, -0.05) is 42.1 Å². The first-order valence-electron chi connectivity index (χ1n) is 10.7. The van der Waals surface area contributed by atoms with E-state index in [1.54, 1.807) is 12.1 Å². The molecule has 4 aromatic rings. The van der Waals surface area contributed by atoms with Crippen LogP contribution in [0.15, 0.2) is 58.6 Å². The van der Waals surface area contributed by atoms with Gasteiger partial charge in [0.2, 0.25) is 15.2 Å². The van der Waals surface area contributed by atoms with E-state index in [4.69, 9.17) is 9.72 Å². The van der Waals surface area contributed by atoms with Gasteiger partial charge in [0.1, 0.15) is 5.82 Å². The standard InChI is InChI=1S/C22H24N6O3S2/c1-2-28-19-9-8-17(33(29,30)27-10-12-31-13-11-27)14-18(19)23-20(28)15-32-22-24-21(25-26-22)16-6-4-3-5-7-16/h3-9,14H,2,10-13,15H2,1H3,(H,24,25,26). The molecule has 1 N–H and O–H groups in total. The third kappa shape index (κ3) is 4.41. The quantitative estimate of drug-likeness (QED) is 0.402. The van der Waals surface area contributed by atoms with Crippen LogP contribution in [0, 0.1) is 0 Å². The number of morpholine rings is 1. The van der Waals surface area contributed by atoms with Crippen LogP contribution in [0.2, 0.25) is 0 Å². The molecular weight excluding hydrogens is 460 g/mol. The van der Waals surface area contributed by atoms with Gasteiger partial charge in [0.15, 0.2) is 5.82 Å². The first kappa shape index (κ1) is 22.1. The van der Waals surface area contributed by atoms with Crippen LogP contribution in [0.3, 0.4) is 0 Å². The molecule has 0 saturated carbocycles. The van der Waals surface area contributed by atoms with Gasteiger partial charge < -0.3 is 9.30 Å². The van der Waals surface area contributed by atoms with Gasteiger partial charge >= 0.3 is 0 Å². The molecule has 0 aliphatic carbocycles. The molecule has 1 aliphatic rings. The van der Waals surface area contributed by atoms with Crippen molar-refractivity contribution in [1.82, 2.24) is 29.0 Å². The zero-order valence-electron chi connectivity index (χ0n) is 18.1. The number of H-pyrrole nitrogens is 1. The van der Waals surface area contributed by atoms with Crippen LogP contribution in [0.4, 0.5) is 0 Å². The Morgan fingerprint density at radius 1 is 1.09 bits per heavy atom. The molecule has 0 radical (unpaired) electrons. The number of aromatic amines is 1. The molecule has 0 amide bonds. The van der Waals surface area contributed by atoms with Crippen molar-refractivity contribution in [2.45, 2.75) is 29.3 Å². The van der Waals surface area contributed by atoms with E-state index in [-0.39, 0.29) is 4.90 Å². The number of ether oxygens (including phenoxy) is 1. The summed E-state index contributed by atoms with van der Waals surface area (Å²) < 4.78 is 34.9. The molecule has 5 rings (SSSR count). The monoisotopic (exact) mass is 484 g/mol. The van der Waals surface area contributed by atoms with Crippen molar-refractivity contribution in [3.05, 3.63) is 54.4 Å². The highest BCUT2D eigenvalue weighted by Crippen LogP contribution is 2.27. The van der Waals surface area contributed by atoms with Crippen LogP contribution in [0.5, 0.6) is 0 Å². The maximum absolute atomic E-state index is 13.0. The Kier molecular flexibility index (Phi) is 6.19. The number of fused-ring (bicyclic) bond motifs is 1. The predicted molar refractivity (Wildman–Crippen MR) is 126 cm³/mol. The van der Waals surface area contributed by atoms with E-state index in [9.17, 15) is 8.42 Å². The number of hydrogen-bond donors (Lipinski definition) is 1. The molecule has 2 aromatic heterocycles. The molecule has 0 unspecified atom stereocenters. The molecule has 0 atom stereocenters. The first-order chi connectivity index (χ1) is 16.1. The molecule has 11 heteroatoms. The van der Waals surface area contributed by atoms with Gasteiger partial charge in [-0.3, -0.25) is 5.10 Å². The molecule has 0 bridgehead atoms. The Labute approximate surface area is 196 Å². The van der Waals surface area contributed by atoms with Gasteiger partial charge in [-0.2, -0.15) is 4.31 Å². The van der Waals surface area contributed by atoms with Crippen molar-refractivity contribution in [2.24, 2.45) is 0 Å². The van der Waals surface area contributed by atoms with Gasteiger partial charge in [0, 0.05) is 25.2 Å². The van der Waals surface area contributed by atoms with Crippen molar-refractivity contribution in [3.8, 4) is 11.4 Å². The number of hydrogen-bond acceptors (Lipinski definition) is 7. The number of benzene rings is 2. The van der Waals surface area contributed by atoms with Crippen LogP contribution in [-0.2, 0) is 27.1 Å². The minimum atomic E-state index is -3.57. The second-order valence-electron chi connectivity index (χ2n) is 7.56. The van der Waals surface area contributed by atoms with Gasteiger partial charge in [-0.25, -0.2) is 18.4 Å². The Morgan fingerprint density at radius 2 is 1.88 bits per heavy atom. The number of aromatic nitrogens is 5. The lowest BCUT2D eigenvalue weighted by Crippen LogP contribution is -2.40. The normalized spacial score (nSPS) is 15.3. The highest BCUT2D eigenvalue weighted by atomic mass is 32.2. The molecule has 3 heterocycles. The summed E-state index contributed by atoms with van der Waals surface area (Å²) in [4.78, 5) is 9.58. The van der Waals surface area contributed by atoms with Gasteiger partial charge in [0.25, 0.3) is 0 Å². The van der Waals surface area contributed by atoms with Crippen molar-refractivity contribution in [3.63, 3.8) is 0 Å². The second-order valence-corrected chi connectivity index (χ2v) is 10.4. The molecule has 1 aliphatic heterocycles. The SMILES string of the molecule is CCn1c(CSc2n[nH]c(-c3ccccc3)n2)nc2cc(S(=O)(=O)N3CCOCC3)ccc21. The summed E-state index contributed by atoms with van der Waals surface area (Å²) in [6.07, 6.45) is 0. The fraction of sp³-hybridized carbons (Fsp3) is 0.318. The summed E-state index contributed by atoms with van der Waals surface area (Å²) in [5.74, 6) is 2.14. The van der Waals surface area contributed by atoms with Crippen molar-refractivity contribution in [2.75, 3.05) is 26.3 Å². The van der Waals surface area contributed by atoms with Crippen molar-refractivity contribution in [1.29, 1.82) is 0 Å². The van der Waals surface area contributed by atoms with E-state index >= 15 is 0 Å². The Balaban J connectivity index is 1.38. The van der Waals surface area contributed by atoms with E-state index in [0.717, 1.165) is 29.3 Å². The predicted octanol–water partition coefficient (Wildman–Crippen LogP) is 3.15. The van der Waals surface area contributed by atoms with E-state index < -0.39 is 10.0 Å². The molecule has 0 spiro atoms. The van der Waals surface area contributed by atoms with E-state index in [2.05, 4.69) is 19.7 Å². The fourth-order valence-corrected chi connectivity index (χ4v) is 6.06. The Hall–Kier alpha value is -2.73. The van der Waals surface area contributed by atoms with E-state index in [0.29, 0.717) is 42.7 Å². The molecule has 2 aromatic carbocycles. The minimum absolute atomic E-state index is 0.262. The fourth-order valence-electron chi connectivity index (χ4n) is 3.88. The second kappa shape index (κ2) is 9.26. The van der Waals surface area contributed by atoms with Crippen LogP contribution in [-0.4, -0.2) is 63.8 Å². The van der Waals surface area contributed by atoms with Gasteiger partial charge in [-0.05, 0) is 25.1 Å². The lowest BCUT2D eigenvalue weighted by atomic mass is 10.2. The van der Waals surface area contributed by atoms with Crippen LogP contribution >= 0.6 is 11.8 Å². The maximum atomic E-state index is 13.0. The molecule has 172 valence electrons. The summed E-state index contributed by atoms with van der Waals surface area (Å²) in [6, 6.07) is 15.0. The third-order valence-corrected chi connectivity index (χ3v) is 8.30. The van der Waals surface area contributed by atoms with Crippen LogP contribution < -0.4 is 0 Å². The largest absolute Gasteiger partial charge is 0.379 e. The van der Waals surface area contributed by atoms with Gasteiger partial charge in [0.05, 0.1) is 34.9 Å². The number of nitrogens with one attached hydrogen (secondary N) is 1. The lowest BCUT2D eigenvalue weighted by molar-refractivity contribution is 0.0730. The zero-order valence-corrected chi connectivity index (χ0v) is 19.8. The number of rotatable bonds is 7. The highest BCUT2D eigenvalue weighted by Gasteiger charge is 2.27. The molecule has 1 fully saturated rings. The molecule has 1 saturated heterocycles. The number of aryl methyl sites for hydroxylation is 1. The molecule has 9 nitrogen and oxygen atoms in total. The summed E-state index contributed by atoms with van der Waals surface area (Å²) in [5.41, 5.74) is 2.56. The lowest BCUT2D eigenvalue weighted by Gasteiger charge is -2.26. The maximum Gasteiger partial charge on any atom is 0.243 e. The number of thioether (sulfide) groups is 1. The van der Waals surface area contributed by atoms with Crippen LogP contribution in [0.1, 0.15) is 12.7 Å². The average molecular weight is 485 g/mol. The highest BCUT2D eigenvalue weighted by molar-refractivity contribution is 7.98. The first-order valence-corrected chi connectivity index (χ1v) is 13.2. The molecule has 33 heavy (non-hydrogen) atoms. The van der Waals surface area contributed by atoms with Crippen LogP contribution in [0.25, 0.3) is 22.4 Å². The summed E-state index contributed by atoms with van der Waals surface area (Å²) >= 11 is 1.49. The Bertz CT molecular complexity index is 1360. The third-order valence-electron chi connectivity index (χ3n) is 5.57. The minimum Gasteiger partial charge on any atom is -0.379 e. The van der Waals surface area contributed by atoms with Crippen molar-refractivity contribution >= 4 is 32.8 Å². The average Bonchev–Trinajstić information content (AvgIpc) is 3.47. The summed E-state index contributed by atoms with van der Waals surface area (Å²) in [7, 11) is -3.57. The van der Waals surface area contributed by atoms with Gasteiger partial charge in [-0.15, -0.1) is 5.10 Å². The summed E-state index contributed by atoms with van der Waals surface area (Å²) in [5, 5.41) is 7.93. The smallest absolute Gasteiger partial charge is 0.243 e. The zero-order chi connectivity index (χ0) is 22.8. The number of imidazole rings is 1.